The summed E-state index contributed by atoms with van der Waals surface area (Å²) in [5.74, 6) is 0. The molecule has 0 bridgehead atoms. The van der Waals surface area contributed by atoms with Gasteiger partial charge in [-0.05, 0) is 6.08 Å². The Morgan fingerprint density at radius 2 is 2.13 bits per heavy atom. The van der Waals surface area contributed by atoms with Gasteiger partial charge in [-0.15, -0.1) is 0 Å². The first kappa shape index (κ1) is 10.1. The molecule has 0 amide bonds. The lowest BCUT2D eigenvalue weighted by Crippen LogP contribution is -2.44. The molecule has 1 aromatic rings. The predicted octanol–water partition coefficient (Wildman–Crippen LogP) is 2.23. The van der Waals surface area contributed by atoms with Gasteiger partial charge in [-0.2, -0.15) is 0 Å². The smallest absolute Gasteiger partial charge is 0.186 e. The molecule has 2 heteroatoms. The first-order chi connectivity index (χ1) is 7.35. The summed E-state index contributed by atoms with van der Waals surface area (Å²) in [4.78, 5) is 4.35. The van der Waals surface area contributed by atoms with E-state index < -0.39 is 0 Å². The van der Waals surface area contributed by atoms with Crippen LogP contribution < -0.4 is 0 Å². The first-order valence-electron chi connectivity index (χ1n) is 5.36. The van der Waals surface area contributed by atoms with Crippen molar-refractivity contribution in [1.82, 2.24) is 0 Å². The Morgan fingerprint density at radius 3 is 2.73 bits per heavy atom. The van der Waals surface area contributed by atoms with Crippen molar-refractivity contribution >= 4 is 6.34 Å². The normalized spacial score (nSPS) is 24.3. The van der Waals surface area contributed by atoms with Gasteiger partial charge in [0.15, 0.2) is 6.34 Å². The van der Waals surface area contributed by atoms with Crippen LogP contribution in [0.2, 0.25) is 0 Å². The van der Waals surface area contributed by atoms with E-state index in [2.05, 4.69) is 48.2 Å². The molecule has 1 atom stereocenters. The van der Waals surface area contributed by atoms with Gasteiger partial charge in [-0.1, -0.05) is 36.9 Å². The van der Waals surface area contributed by atoms with Crippen molar-refractivity contribution in [2.75, 3.05) is 19.6 Å². The Morgan fingerprint density at radius 1 is 1.33 bits per heavy atom. The molecule has 78 valence electrons. The molecule has 1 unspecified atom stereocenters. The van der Waals surface area contributed by atoms with Gasteiger partial charge in [0, 0.05) is 5.56 Å². The van der Waals surface area contributed by atoms with Crippen molar-refractivity contribution in [3.05, 3.63) is 48.6 Å². The Labute approximate surface area is 91.2 Å². The summed E-state index contributed by atoms with van der Waals surface area (Å²) in [6.45, 7) is 7.87. The second-order valence-electron chi connectivity index (χ2n) is 4.08. The maximum Gasteiger partial charge on any atom is 0.186 e. The molecule has 0 saturated carbocycles. The van der Waals surface area contributed by atoms with Gasteiger partial charge < -0.3 is 0 Å². The van der Waals surface area contributed by atoms with Gasteiger partial charge in [0.1, 0.15) is 19.6 Å². The molecule has 0 aromatic heterocycles. The molecule has 0 aliphatic carbocycles. The van der Waals surface area contributed by atoms with Crippen LogP contribution in [0.5, 0.6) is 0 Å². The lowest BCUT2D eigenvalue weighted by molar-refractivity contribution is -0.836. The molecule has 1 aliphatic heterocycles. The fourth-order valence-electron chi connectivity index (χ4n) is 2.07. The number of hydrogen-bond acceptors (Lipinski definition) is 1. The summed E-state index contributed by atoms with van der Waals surface area (Å²) in [5.41, 5.74) is 1.37. The van der Waals surface area contributed by atoms with Gasteiger partial charge in [0.2, 0.25) is 0 Å². The lowest BCUT2D eigenvalue weighted by Gasteiger charge is -2.28. The van der Waals surface area contributed by atoms with Gasteiger partial charge in [-0.3, -0.25) is 4.48 Å². The van der Waals surface area contributed by atoms with Gasteiger partial charge >= 0.3 is 0 Å². The Bertz CT molecular complexity index is 356. The third-order valence-corrected chi connectivity index (χ3v) is 2.83. The van der Waals surface area contributed by atoms with Crippen LogP contribution in [0.15, 0.2) is 48.0 Å². The monoisotopic (exact) mass is 201 g/mol. The molecule has 0 radical (unpaired) electrons. The minimum atomic E-state index is 0.924. The van der Waals surface area contributed by atoms with Gasteiger partial charge in [-0.25, -0.2) is 4.99 Å². The van der Waals surface area contributed by atoms with Crippen LogP contribution in [-0.4, -0.2) is 30.5 Å². The zero-order chi connectivity index (χ0) is 10.6. The van der Waals surface area contributed by atoms with E-state index in [0.717, 1.165) is 30.7 Å². The maximum absolute atomic E-state index is 4.35. The molecular formula is C13H17N2+. The van der Waals surface area contributed by atoms with E-state index in [9.17, 15) is 0 Å². The standard InChI is InChI=1S/C13H17N2/c1-2-9-15(10-8-14-12-15)11-13-6-4-3-5-7-13/h2-7,12H,1,8-11H2/q+1. The minimum Gasteiger partial charge on any atom is -0.273 e. The topological polar surface area (TPSA) is 12.4 Å². The SMILES string of the molecule is C=CC[N+]1(Cc2ccccc2)C=NCC1. The number of rotatable bonds is 4. The molecule has 1 heterocycles. The maximum atomic E-state index is 4.35. The molecule has 1 aromatic carbocycles. The Balaban J connectivity index is 2.14. The Hall–Kier alpha value is -1.41. The zero-order valence-electron chi connectivity index (χ0n) is 8.97. The van der Waals surface area contributed by atoms with Crippen molar-refractivity contribution in [2.45, 2.75) is 6.54 Å². The van der Waals surface area contributed by atoms with Gasteiger partial charge in [0.25, 0.3) is 0 Å². The van der Waals surface area contributed by atoms with Crippen LogP contribution in [0.4, 0.5) is 0 Å². The highest BCUT2D eigenvalue weighted by Crippen LogP contribution is 2.15. The summed E-state index contributed by atoms with van der Waals surface area (Å²) < 4.78 is 0.924. The third-order valence-electron chi connectivity index (χ3n) is 2.83. The molecule has 0 spiro atoms. The van der Waals surface area contributed by atoms with Crippen molar-refractivity contribution in [1.29, 1.82) is 0 Å². The highest BCUT2D eigenvalue weighted by Gasteiger charge is 2.27. The van der Waals surface area contributed by atoms with Crippen molar-refractivity contribution in [3.63, 3.8) is 0 Å². The van der Waals surface area contributed by atoms with Crippen molar-refractivity contribution < 1.29 is 4.48 Å². The average Bonchev–Trinajstić information content (AvgIpc) is 2.69. The second kappa shape index (κ2) is 4.41. The van der Waals surface area contributed by atoms with Crippen molar-refractivity contribution in [2.24, 2.45) is 4.99 Å². The number of aliphatic imine (C=N–C) groups is 1. The molecule has 2 nitrogen and oxygen atoms in total. The molecular weight excluding hydrogens is 184 g/mol. The third kappa shape index (κ3) is 2.34. The summed E-state index contributed by atoms with van der Waals surface area (Å²) in [7, 11) is 0. The van der Waals surface area contributed by atoms with Crippen LogP contribution in [0.3, 0.4) is 0 Å². The van der Waals surface area contributed by atoms with Gasteiger partial charge in [0.05, 0.1) is 6.54 Å². The molecule has 2 rings (SSSR count). The summed E-state index contributed by atoms with van der Waals surface area (Å²) in [6, 6.07) is 10.6. The number of quaternary nitrogens is 1. The van der Waals surface area contributed by atoms with Crippen LogP contribution >= 0.6 is 0 Å². The van der Waals surface area contributed by atoms with E-state index in [-0.39, 0.29) is 0 Å². The number of nitrogens with zero attached hydrogens (tertiary/aromatic N) is 2. The largest absolute Gasteiger partial charge is 0.273 e. The fraction of sp³-hybridized carbons (Fsp3) is 0.308. The molecule has 0 saturated heterocycles. The quantitative estimate of drug-likeness (QED) is 0.523. The lowest BCUT2D eigenvalue weighted by atomic mass is 10.2. The van der Waals surface area contributed by atoms with E-state index in [1.807, 2.05) is 6.08 Å². The average molecular weight is 201 g/mol. The fourth-order valence-corrected chi connectivity index (χ4v) is 2.07. The van der Waals surface area contributed by atoms with E-state index in [4.69, 9.17) is 0 Å². The van der Waals surface area contributed by atoms with Crippen LogP contribution in [-0.2, 0) is 6.54 Å². The molecule has 1 aliphatic rings. The van der Waals surface area contributed by atoms with Crippen LogP contribution in [0.1, 0.15) is 5.56 Å². The molecule has 0 fully saturated rings. The Kier molecular flexibility index (Phi) is 2.97. The van der Waals surface area contributed by atoms with E-state index in [1.165, 1.54) is 5.56 Å². The van der Waals surface area contributed by atoms with Crippen molar-refractivity contribution in [3.8, 4) is 0 Å². The van der Waals surface area contributed by atoms with E-state index in [1.54, 1.807) is 0 Å². The van der Waals surface area contributed by atoms with E-state index >= 15 is 0 Å². The van der Waals surface area contributed by atoms with E-state index in [0.29, 0.717) is 0 Å². The number of benzene rings is 1. The summed E-state index contributed by atoms with van der Waals surface area (Å²) in [6.07, 6.45) is 4.06. The highest BCUT2D eigenvalue weighted by atomic mass is 15.4. The van der Waals surface area contributed by atoms with Crippen LogP contribution in [0.25, 0.3) is 0 Å². The highest BCUT2D eigenvalue weighted by molar-refractivity contribution is 5.48. The van der Waals surface area contributed by atoms with Crippen LogP contribution in [0, 0.1) is 0 Å². The molecule has 15 heavy (non-hydrogen) atoms. The predicted molar refractivity (Wildman–Crippen MR) is 63.7 cm³/mol. The first-order valence-corrected chi connectivity index (χ1v) is 5.36. The minimum absolute atomic E-state index is 0.924. The molecule has 0 N–H and O–H groups in total. The summed E-state index contributed by atoms with van der Waals surface area (Å²) in [5, 5.41) is 0. The zero-order valence-corrected chi connectivity index (χ0v) is 8.97. The number of hydrogen-bond donors (Lipinski definition) is 0. The second-order valence-corrected chi connectivity index (χ2v) is 4.08. The summed E-state index contributed by atoms with van der Waals surface area (Å²) >= 11 is 0.